The number of primary sulfonamides is 1. The Morgan fingerprint density at radius 3 is 2.00 bits per heavy atom. The van der Waals surface area contributed by atoms with Gasteiger partial charge in [-0.1, -0.05) is 6.07 Å². The van der Waals surface area contributed by atoms with Crippen molar-refractivity contribution in [1.29, 1.82) is 0 Å². The molecular weight excluding hydrogens is 368 g/mol. The van der Waals surface area contributed by atoms with Crippen LogP contribution in [0.4, 0.5) is 5.69 Å². The summed E-state index contributed by atoms with van der Waals surface area (Å²) in [4.78, 5) is 13.7. The van der Waals surface area contributed by atoms with Crippen LogP contribution < -0.4 is 10.5 Å². The molecule has 0 bridgehead atoms. The van der Waals surface area contributed by atoms with E-state index in [0.29, 0.717) is 5.69 Å². The van der Waals surface area contributed by atoms with E-state index in [0.717, 1.165) is 4.90 Å². The number of carbonyl (C=O) groups is 1. The number of thioether (sulfide) groups is 1. The molecule has 2 aromatic carbocycles. The first kappa shape index (κ1) is 20.5. The molecule has 0 aromatic heterocycles. The van der Waals surface area contributed by atoms with E-state index in [9.17, 15) is 13.2 Å². The van der Waals surface area contributed by atoms with Crippen molar-refractivity contribution in [2.24, 2.45) is 5.14 Å². The monoisotopic (exact) mass is 392 g/mol. The molecule has 0 radical (unpaired) electrons. The predicted octanol–water partition coefficient (Wildman–Crippen LogP) is 3.69. The molecule has 1 amide bonds. The van der Waals surface area contributed by atoms with Crippen LogP contribution in [-0.2, 0) is 14.8 Å². The minimum absolute atomic E-state index is 0.0133. The van der Waals surface area contributed by atoms with Crippen molar-refractivity contribution < 1.29 is 13.2 Å². The maximum absolute atomic E-state index is 12.5. The van der Waals surface area contributed by atoms with Crippen LogP contribution >= 0.6 is 11.8 Å². The third kappa shape index (κ3) is 4.66. The molecule has 0 spiro atoms. The van der Waals surface area contributed by atoms with E-state index in [-0.39, 0.29) is 16.1 Å². The number of nitrogens with two attached hydrogens (primary N) is 1. The maximum Gasteiger partial charge on any atom is 0.238 e. The van der Waals surface area contributed by atoms with Crippen LogP contribution in [-0.4, -0.2) is 19.6 Å². The highest BCUT2D eigenvalue weighted by Gasteiger charge is 2.19. The van der Waals surface area contributed by atoms with E-state index >= 15 is 0 Å². The maximum atomic E-state index is 12.5. The largest absolute Gasteiger partial charge is 0.325 e. The standard InChI is InChI=1S/C19H24N2O3S2/c1-11-10-12(2)14(4)18(13(11)3)25-15(5)19(22)21-16-6-8-17(9-7-16)26(20,23)24/h6-10,15H,1-5H3,(H,21,22)(H2,20,23,24). The summed E-state index contributed by atoms with van der Waals surface area (Å²) in [5.74, 6) is -0.142. The van der Waals surface area contributed by atoms with Crippen LogP contribution in [0.25, 0.3) is 0 Å². The van der Waals surface area contributed by atoms with Crippen molar-refractivity contribution in [3.05, 3.63) is 52.6 Å². The predicted molar refractivity (Wildman–Crippen MR) is 107 cm³/mol. The Morgan fingerprint density at radius 1 is 1.04 bits per heavy atom. The van der Waals surface area contributed by atoms with Gasteiger partial charge >= 0.3 is 0 Å². The molecule has 3 N–H and O–H groups in total. The summed E-state index contributed by atoms with van der Waals surface area (Å²) in [7, 11) is -3.74. The molecule has 5 nitrogen and oxygen atoms in total. The molecule has 0 aliphatic rings. The van der Waals surface area contributed by atoms with E-state index in [1.165, 1.54) is 58.3 Å². The molecule has 0 heterocycles. The number of hydrogen-bond acceptors (Lipinski definition) is 4. The molecule has 2 rings (SSSR count). The number of nitrogens with one attached hydrogen (secondary N) is 1. The number of hydrogen-bond donors (Lipinski definition) is 2. The Labute approximate surface area is 159 Å². The second-order valence-corrected chi connectivity index (χ2v) is 9.32. The zero-order chi connectivity index (χ0) is 19.6. The van der Waals surface area contributed by atoms with Gasteiger partial charge in [-0.2, -0.15) is 0 Å². The number of benzene rings is 2. The summed E-state index contributed by atoms with van der Waals surface area (Å²) < 4.78 is 22.6. The summed E-state index contributed by atoms with van der Waals surface area (Å²) in [6, 6.07) is 7.97. The fourth-order valence-corrected chi connectivity index (χ4v) is 4.27. The van der Waals surface area contributed by atoms with E-state index in [1.54, 1.807) is 0 Å². The van der Waals surface area contributed by atoms with E-state index in [4.69, 9.17) is 5.14 Å². The van der Waals surface area contributed by atoms with Gasteiger partial charge in [0.1, 0.15) is 0 Å². The number of amides is 1. The molecule has 0 fully saturated rings. The van der Waals surface area contributed by atoms with E-state index in [1.807, 2.05) is 6.92 Å². The Morgan fingerprint density at radius 2 is 1.54 bits per heavy atom. The third-order valence-electron chi connectivity index (χ3n) is 4.41. The van der Waals surface area contributed by atoms with Gasteiger partial charge in [0.05, 0.1) is 10.1 Å². The molecule has 0 aliphatic heterocycles. The van der Waals surface area contributed by atoms with Gasteiger partial charge in [0.15, 0.2) is 0 Å². The minimum atomic E-state index is -3.74. The Balaban J connectivity index is 2.14. The highest BCUT2D eigenvalue weighted by Crippen LogP contribution is 2.34. The highest BCUT2D eigenvalue weighted by atomic mass is 32.2. The number of anilines is 1. The SMILES string of the molecule is Cc1cc(C)c(C)c(SC(C)C(=O)Nc2ccc(S(N)(=O)=O)cc2)c1C. The van der Waals surface area contributed by atoms with Crippen molar-refractivity contribution >= 4 is 33.4 Å². The topological polar surface area (TPSA) is 89.3 Å². The van der Waals surface area contributed by atoms with E-state index in [2.05, 4.69) is 39.1 Å². The zero-order valence-corrected chi connectivity index (χ0v) is 17.2. The van der Waals surface area contributed by atoms with Gasteiger partial charge in [-0.05, 0) is 81.1 Å². The lowest BCUT2D eigenvalue weighted by molar-refractivity contribution is -0.115. The first-order valence-electron chi connectivity index (χ1n) is 8.18. The van der Waals surface area contributed by atoms with Crippen molar-refractivity contribution in [2.75, 3.05) is 5.32 Å². The second-order valence-electron chi connectivity index (χ2n) is 6.41. The van der Waals surface area contributed by atoms with Crippen molar-refractivity contribution in [1.82, 2.24) is 0 Å². The smallest absolute Gasteiger partial charge is 0.238 e. The first-order valence-corrected chi connectivity index (χ1v) is 10.6. The summed E-state index contributed by atoms with van der Waals surface area (Å²) in [6.45, 7) is 10.1. The number of carbonyl (C=O) groups excluding carboxylic acids is 1. The molecule has 0 saturated heterocycles. The first-order chi connectivity index (χ1) is 12.0. The molecular formula is C19H24N2O3S2. The quantitative estimate of drug-likeness (QED) is 0.760. The summed E-state index contributed by atoms with van der Waals surface area (Å²) >= 11 is 1.53. The van der Waals surface area contributed by atoms with Crippen molar-refractivity contribution in [2.45, 2.75) is 49.7 Å². The lowest BCUT2D eigenvalue weighted by Crippen LogP contribution is -2.22. The highest BCUT2D eigenvalue weighted by molar-refractivity contribution is 8.00. The second kappa shape index (κ2) is 7.82. The molecule has 26 heavy (non-hydrogen) atoms. The van der Waals surface area contributed by atoms with Gasteiger partial charge in [0, 0.05) is 10.6 Å². The van der Waals surface area contributed by atoms with Gasteiger partial charge in [-0.3, -0.25) is 4.79 Å². The van der Waals surface area contributed by atoms with Gasteiger partial charge in [-0.25, -0.2) is 13.6 Å². The van der Waals surface area contributed by atoms with Crippen LogP contribution in [0.5, 0.6) is 0 Å². The molecule has 7 heteroatoms. The fourth-order valence-electron chi connectivity index (χ4n) is 2.56. The van der Waals surface area contributed by atoms with Crippen molar-refractivity contribution in [3.8, 4) is 0 Å². The number of rotatable bonds is 5. The van der Waals surface area contributed by atoms with Crippen LogP contribution in [0.15, 0.2) is 40.1 Å². The fraction of sp³-hybridized carbons (Fsp3) is 0.316. The Bertz CT molecular complexity index is 910. The Kier molecular flexibility index (Phi) is 6.16. The van der Waals surface area contributed by atoms with Crippen LogP contribution in [0.3, 0.4) is 0 Å². The summed E-state index contributed by atoms with van der Waals surface area (Å²) in [5.41, 5.74) is 5.33. The van der Waals surface area contributed by atoms with Gasteiger partial charge < -0.3 is 5.32 Å². The third-order valence-corrected chi connectivity index (χ3v) is 6.76. The lowest BCUT2D eigenvalue weighted by atomic mass is 10.0. The van der Waals surface area contributed by atoms with Gasteiger partial charge in [-0.15, -0.1) is 11.8 Å². The normalized spacial score (nSPS) is 12.7. The van der Waals surface area contributed by atoms with Crippen LogP contribution in [0, 0.1) is 27.7 Å². The van der Waals surface area contributed by atoms with Crippen molar-refractivity contribution in [3.63, 3.8) is 0 Å². The number of aryl methyl sites for hydroxylation is 2. The van der Waals surface area contributed by atoms with Gasteiger partial charge in [0.2, 0.25) is 15.9 Å². The average Bonchev–Trinajstić information content (AvgIpc) is 2.56. The average molecular weight is 393 g/mol. The van der Waals surface area contributed by atoms with Crippen LogP contribution in [0.1, 0.15) is 29.2 Å². The molecule has 0 aliphatic carbocycles. The minimum Gasteiger partial charge on any atom is -0.325 e. The molecule has 2 aromatic rings. The zero-order valence-electron chi connectivity index (χ0n) is 15.6. The lowest BCUT2D eigenvalue weighted by Gasteiger charge is -2.18. The summed E-state index contributed by atoms with van der Waals surface area (Å²) in [5, 5.41) is 7.59. The van der Waals surface area contributed by atoms with Crippen LogP contribution in [0.2, 0.25) is 0 Å². The Hall–Kier alpha value is -1.83. The molecule has 140 valence electrons. The van der Waals surface area contributed by atoms with E-state index < -0.39 is 10.0 Å². The molecule has 1 unspecified atom stereocenters. The molecule has 0 saturated carbocycles. The number of sulfonamides is 1. The molecule has 1 atom stereocenters. The van der Waals surface area contributed by atoms with Gasteiger partial charge in [0.25, 0.3) is 0 Å². The summed E-state index contributed by atoms with van der Waals surface area (Å²) in [6.07, 6.45) is 0.